The average Bonchev–Trinajstić information content (AvgIpc) is 3.19. The molecule has 4 atom stereocenters. The first-order chi connectivity index (χ1) is 10.6. The second-order valence-electron chi connectivity index (χ2n) is 5.73. The van der Waals surface area contributed by atoms with Crippen molar-refractivity contribution in [1.82, 2.24) is 0 Å². The third kappa shape index (κ3) is 1.44. The molecule has 1 aromatic carbocycles. The number of hydrogen-bond acceptors (Lipinski definition) is 5. The Morgan fingerprint density at radius 2 is 2.00 bits per heavy atom. The van der Waals surface area contributed by atoms with Crippen LogP contribution in [0, 0.1) is 23.2 Å². The van der Waals surface area contributed by atoms with Crippen LogP contribution in [0.5, 0.6) is 0 Å². The van der Waals surface area contributed by atoms with Crippen LogP contribution < -0.4 is 4.90 Å². The van der Waals surface area contributed by atoms with Gasteiger partial charge in [0.1, 0.15) is 5.60 Å². The lowest BCUT2D eigenvalue weighted by Gasteiger charge is -2.26. The van der Waals surface area contributed by atoms with Gasteiger partial charge in [0.25, 0.3) is 0 Å². The van der Waals surface area contributed by atoms with Gasteiger partial charge in [0.2, 0.25) is 11.8 Å². The number of amides is 2. The average molecular weight is 296 g/mol. The monoisotopic (exact) mass is 296 g/mol. The Labute approximate surface area is 126 Å². The normalized spacial score (nSPS) is 35.1. The maximum Gasteiger partial charge on any atom is 0.241 e. The SMILES string of the molecule is N#Cc1ccc(N2C(=O)C3C(C2=O)[C@]2(CO)C=C[C@H]3O2)cc1. The lowest BCUT2D eigenvalue weighted by Crippen LogP contribution is -2.43. The fourth-order valence-corrected chi connectivity index (χ4v) is 3.62. The summed E-state index contributed by atoms with van der Waals surface area (Å²) in [5, 5.41) is 18.4. The molecule has 0 spiro atoms. The van der Waals surface area contributed by atoms with Crippen LogP contribution in [0.15, 0.2) is 36.4 Å². The van der Waals surface area contributed by atoms with Crippen molar-refractivity contribution in [1.29, 1.82) is 5.26 Å². The molecule has 6 nitrogen and oxygen atoms in total. The minimum Gasteiger partial charge on any atom is -0.393 e. The largest absolute Gasteiger partial charge is 0.393 e. The van der Waals surface area contributed by atoms with E-state index in [4.69, 9.17) is 10.00 Å². The van der Waals surface area contributed by atoms with E-state index in [1.807, 2.05) is 6.07 Å². The summed E-state index contributed by atoms with van der Waals surface area (Å²) in [5.74, 6) is -1.94. The van der Waals surface area contributed by atoms with Gasteiger partial charge in [0.15, 0.2) is 0 Å². The highest BCUT2D eigenvalue weighted by molar-refractivity contribution is 6.23. The first-order valence-electron chi connectivity index (χ1n) is 6.97. The summed E-state index contributed by atoms with van der Waals surface area (Å²) >= 11 is 0. The number of fused-ring (bicyclic) bond motifs is 5. The molecule has 3 heterocycles. The summed E-state index contributed by atoms with van der Waals surface area (Å²) in [5.41, 5.74) is -0.181. The third-order valence-corrected chi connectivity index (χ3v) is 4.66. The van der Waals surface area contributed by atoms with E-state index in [0.29, 0.717) is 11.3 Å². The highest BCUT2D eigenvalue weighted by Gasteiger charge is 2.67. The van der Waals surface area contributed by atoms with Crippen molar-refractivity contribution < 1.29 is 19.4 Å². The van der Waals surface area contributed by atoms with Crippen molar-refractivity contribution in [3.05, 3.63) is 42.0 Å². The van der Waals surface area contributed by atoms with Gasteiger partial charge in [-0.05, 0) is 24.3 Å². The number of aliphatic hydroxyl groups is 1. The molecule has 0 radical (unpaired) electrons. The molecule has 3 aliphatic heterocycles. The van der Waals surface area contributed by atoms with Crippen LogP contribution in [0.1, 0.15) is 5.56 Å². The first-order valence-corrected chi connectivity index (χ1v) is 6.97. The Balaban J connectivity index is 1.74. The predicted octanol–water partition coefficient (Wildman–Crippen LogP) is 0.364. The molecule has 2 fully saturated rings. The van der Waals surface area contributed by atoms with E-state index in [-0.39, 0.29) is 18.4 Å². The molecule has 6 heteroatoms. The fraction of sp³-hybridized carbons (Fsp3) is 0.312. The topological polar surface area (TPSA) is 90.6 Å². The second-order valence-corrected chi connectivity index (χ2v) is 5.73. The Morgan fingerprint density at radius 3 is 2.64 bits per heavy atom. The van der Waals surface area contributed by atoms with Crippen LogP contribution in [0.25, 0.3) is 0 Å². The zero-order valence-electron chi connectivity index (χ0n) is 11.5. The molecule has 2 bridgehead atoms. The minimum absolute atomic E-state index is 0.315. The number of anilines is 1. The first kappa shape index (κ1) is 13.2. The Bertz CT molecular complexity index is 748. The van der Waals surface area contributed by atoms with E-state index in [2.05, 4.69) is 0 Å². The third-order valence-electron chi connectivity index (χ3n) is 4.66. The predicted molar refractivity (Wildman–Crippen MR) is 74.5 cm³/mol. The summed E-state index contributed by atoms with van der Waals surface area (Å²) in [7, 11) is 0. The Hall–Kier alpha value is -2.49. The molecular formula is C16H12N2O4. The van der Waals surface area contributed by atoms with Crippen molar-refractivity contribution in [2.75, 3.05) is 11.5 Å². The van der Waals surface area contributed by atoms with Gasteiger partial charge in [-0.25, -0.2) is 4.90 Å². The maximum absolute atomic E-state index is 12.7. The number of rotatable bonds is 2. The summed E-state index contributed by atoms with van der Waals surface area (Å²) in [6.07, 6.45) is 2.97. The number of nitrogens with zero attached hydrogens (tertiary/aromatic N) is 2. The number of aliphatic hydroxyl groups excluding tert-OH is 1. The molecule has 2 unspecified atom stereocenters. The molecule has 0 aromatic heterocycles. The quantitative estimate of drug-likeness (QED) is 0.628. The zero-order chi connectivity index (χ0) is 15.5. The molecule has 1 N–H and O–H groups in total. The highest BCUT2D eigenvalue weighted by Crippen LogP contribution is 2.52. The van der Waals surface area contributed by atoms with Gasteiger partial charge in [-0.2, -0.15) is 5.26 Å². The van der Waals surface area contributed by atoms with Crippen molar-refractivity contribution >= 4 is 17.5 Å². The van der Waals surface area contributed by atoms with Gasteiger partial charge in [-0.3, -0.25) is 9.59 Å². The van der Waals surface area contributed by atoms with E-state index in [1.54, 1.807) is 36.4 Å². The van der Waals surface area contributed by atoms with Crippen LogP contribution in [0.2, 0.25) is 0 Å². The summed E-state index contributed by atoms with van der Waals surface area (Å²) < 4.78 is 5.67. The van der Waals surface area contributed by atoms with Gasteiger partial charge in [0, 0.05) is 0 Å². The van der Waals surface area contributed by atoms with E-state index in [9.17, 15) is 14.7 Å². The lowest BCUT2D eigenvalue weighted by atomic mass is 9.77. The number of carbonyl (C=O) groups is 2. The number of imide groups is 1. The number of hydrogen-bond donors (Lipinski definition) is 1. The number of ether oxygens (including phenoxy) is 1. The molecule has 3 aliphatic rings. The van der Waals surface area contributed by atoms with Gasteiger partial charge in [-0.1, -0.05) is 12.2 Å². The molecule has 4 rings (SSSR count). The molecule has 110 valence electrons. The number of nitriles is 1. The zero-order valence-corrected chi connectivity index (χ0v) is 11.5. The molecule has 22 heavy (non-hydrogen) atoms. The Morgan fingerprint density at radius 1 is 1.27 bits per heavy atom. The smallest absolute Gasteiger partial charge is 0.241 e. The van der Waals surface area contributed by atoms with E-state index in [0.717, 1.165) is 4.90 Å². The molecule has 0 aliphatic carbocycles. The number of benzene rings is 1. The molecule has 2 amide bonds. The fourth-order valence-electron chi connectivity index (χ4n) is 3.62. The van der Waals surface area contributed by atoms with Crippen LogP contribution in [0.4, 0.5) is 5.69 Å². The summed E-state index contributed by atoms with van der Waals surface area (Å²) in [6.45, 7) is -0.332. The van der Waals surface area contributed by atoms with Crippen molar-refractivity contribution in [3.63, 3.8) is 0 Å². The molecule has 0 saturated carbocycles. The van der Waals surface area contributed by atoms with Gasteiger partial charge in [0.05, 0.1) is 41.9 Å². The Kier molecular flexibility index (Phi) is 2.55. The lowest BCUT2D eigenvalue weighted by molar-refractivity contribution is -0.128. The molecule has 2 saturated heterocycles. The van der Waals surface area contributed by atoms with Crippen LogP contribution in [-0.4, -0.2) is 35.2 Å². The summed E-state index contributed by atoms with van der Waals surface area (Å²) in [4.78, 5) is 26.5. The van der Waals surface area contributed by atoms with Crippen LogP contribution in [0.3, 0.4) is 0 Å². The number of carbonyl (C=O) groups excluding carboxylic acids is 2. The maximum atomic E-state index is 12.7. The molecule has 1 aromatic rings. The van der Waals surface area contributed by atoms with Gasteiger partial charge in [-0.15, -0.1) is 0 Å². The van der Waals surface area contributed by atoms with E-state index < -0.39 is 23.5 Å². The van der Waals surface area contributed by atoms with Crippen molar-refractivity contribution in [2.24, 2.45) is 11.8 Å². The minimum atomic E-state index is -1.08. The van der Waals surface area contributed by atoms with Crippen molar-refractivity contribution in [3.8, 4) is 6.07 Å². The van der Waals surface area contributed by atoms with E-state index in [1.165, 1.54) is 0 Å². The van der Waals surface area contributed by atoms with Gasteiger partial charge < -0.3 is 9.84 Å². The standard InChI is InChI=1S/C16H12N2O4/c17-7-9-1-3-10(4-2-9)18-14(20)12-11-5-6-16(8-19,22-11)13(12)15(18)21/h1-6,11-13,19H,8H2/t11-,12?,13?,16-/m1/s1. The second kappa shape index (κ2) is 4.26. The van der Waals surface area contributed by atoms with Crippen LogP contribution in [-0.2, 0) is 14.3 Å². The summed E-state index contributed by atoms with van der Waals surface area (Å²) in [6, 6.07) is 8.29. The van der Waals surface area contributed by atoms with Gasteiger partial charge >= 0.3 is 0 Å². The molecular weight excluding hydrogens is 284 g/mol. The van der Waals surface area contributed by atoms with Crippen molar-refractivity contribution in [2.45, 2.75) is 11.7 Å². The van der Waals surface area contributed by atoms with Crippen LogP contribution >= 0.6 is 0 Å². The highest BCUT2D eigenvalue weighted by atomic mass is 16.5. The van der Waals surface area contributed by atoms with E-state index >= 15 is 0 Å².